The van der Waals surface area contributed by atoms with Crippen LogP contribution in [0.1, 0.15) is 76.2 Å². The highest BCUT2D eigenvalue weighted by molar-refractivity contribution is 9.10. The van der Waals surface area contributed by atoms with E-state index in [0.29, 0.717) is 40.3 Å². The molecular weight excluding hydrogens is 919 g/mol. The molecule has 0 saturated carbocycles. The molecule has 6 aromatic rings. The molecular formula is C46H46BBrF8N2O6. The van der Waals surface area contributed by atoms with Gasteiger partial charge in [0.1, 0.15) is 13.3 Å². The third-order valence-electron chi connectivity index (χ3n) is 11.0. The van der Waals surface area contributed by atoms with Crippen molar-refractivity contribution in [1.82, 2.24) is 9.13 Å². The molecule has 8 nitrogen and oxygen atoms in total. The van der Waals surface area contributed by atoms with Crippen LogP contribution in [0.3, 0.4) is 0 Å². The van der Waals surface area contributed by atoms with Crippen molar-refractivity contribution < 1.29 is 63.5 Å². The van der Waals surface area contributed by atoms with Crippen LogP contribution >= 0.6 is 15.9 Å². The van der Waals surface area contributed by atoms with Crippen molar-refractivity contribution in [3.63, 3.8) is 0 Å². The van der Waals surface area contributed by atoms with Crippen LogP contribution in [-0.2, 0) is 57.0 Å². The molecule has 2 aromatic heterocycles. The van der Waals surface area contributed by atoms with Gasteiger partial charge in [0.25, 0.3) is 0 Å². The molecule has 0 radical (unpaired) electrons. The number of esters is 2. The third-order valence-corrected chi connectivity index (χ3v) is 11.6. The molecule has 3 heterocycles. The lowest BCUT2D eigenvalue weighted by atomic mass is 9.80. The van der Waals surface area contributed by atoms with E-state index < -0.39 is 67.1 Å². The molecule has 1 fully saturated rings. The first-order chi connectivity index (χ1) is 30.0. The summed E-state index contributed by atoms with van der Waals surface area (Å²) in [5.74, 6) is -0.961. The summed E-state index contributed by atoms with van der Waals surface area (Å²) in [6.07, 6.45) is -4.75. The Hall–Kier alpha value is -5.20. The van der Waals surface area contributed by atoms with Gasteiger partial charge in [-0.1, -0.05) is 58.4 Å². The quantitative estimate of drug-likeness (QED) is 0.0773. The monoisotopic (exact) mass is 964 g/mol. The van der Waals surface area contributed by atoms with E-state index in [1.807, 2.05) is 45.9 Å². The topological polar surface area (TPSA) is 80.9 Å². The van der Waals surface area contributed by atoms with Crippen LogP contribution in [-0.4, -0.2) is 67.0 Å². The van der Waals surface area contributed by atoms with E-state index in [9.17, 15) is 44.7 Å². The molecule has 18 heteroatoms. The zero-order chi connectivity index (χ0) is 47.2. The Kier molecular flexibility index (Phi) is 15.8. The number of benzene rings is 4. The van der Waals surface area contributed by atoms with E-state index in [-0.39, 0.29) is 13.1 Å². The van der Waals surface area contributed by atoms with Crippen LogP contribution in [0.5, 0.6) is 0 Å². The maximum atomic E-state index is 12.9. The maximum Gasteiger partial charge on any atom is 0.462 e. The van der Waals surface area contributed by atoms with E-state index in [1.54, 1.807) is 39.7 Å². The zero-order valence-electron chi connectivity index (χ0n) is 35.8. The molecule has 342 valence electrons. The summed E-state index contributed by atoms with van der Waals surface area (Å²) < 4.78 is 126. The molecule has 1 saturated heterocycles. The fourth-order valence-corrected chi connectivity index (χ4v) is 7.64. The fraction of sp³-hybridized carbons (Fsp3) is 0.348. The Morgan fingerprint density at radius 3 is 1.50 bits per heavy atom. The molecule has 4 aromatic carbocycles. The molecule has 0 amide bonds. The number of methoxy groups -OCH3 is 2. The number of fused-ring (bicyclic) bond motifs is 2. The Bertz CT molecular complexity index is 2540. The predicted octanol–water partition coefficient (Wildman–Crippen LogP) is 12.0. The molecule has 0 bridgehead atoms. The highest BCUT2D eigenvalue weighted by Crippen LogP contribution is 2.38. The van der Waals surface area contributed by atoms with Gasteiger partial charge in [-0.3, -0.25) is 0 Å². The Morgan fingerprint density at radius 1 is 0.641 bits per heavy atom. The van der Waals surface area contributed by atoms with Gasteiger partial charge in [-0.2, -0.15) is 26.3 Å². The largest absolute Gasteiger partial charge is 0.465 e. The minimum Gasteiger partial charge on any atom is -0.465 e. The van der Waals surface area contributed by atoms with Gasteiger partial charge in [0.05, 0.1) is 66.3 Å². The lowest BCUT2D eigenvalue weighted by Gasteiger charge is -2.32. The summed E-state index contributed by atoms with van der Waals surface area (Å²) in [5, 5.41) is 1.38. The van der Waals surface area contributed by atoms with E-state index >= 15 is 0 Å². The first kappa shape index (κ1) is 49.8. The van der Waals surface area contributed by atoms with Crippen molar-refractivity contribution in [2.45, 2.75) is 77.1 Å². The number of hydrogen-bond acceptors (Lipinski definition) is 6. The van der Waals surface area contributed by atoms with Crippen molar-refractivity contribution >= 4 is 56.8 Å². The van der Waals surface area contributed by atoms with Crippen molar-refractivity contribution in [3.8, 4) is 0 Å². The normalized spacial score (nSPS) is 14.5. The van der Waals surface area contributed by atoms with Crippen molar-refractivity contribution in [1.29, 1.82) is 0 Å². The Balaban J connectivity index is 0.000000186. The van der Waals surface area contributed by atoms with Crippen LogP contribution in [0.25, 0.3) is 21.8 Å². The standard InChI is InChI=1S/C20H17F4NO2.C14H18BF3O2.C12H11BrFNO2/c1-27-19(26)16-12-25(10-9-21)17-4-2-3-14(18(16)17)11-13-5-7-15(8-6-13)20(22,23)24;1-12(2)13(3,4)20-15(19-12)9-10-5-7-11(8-6-10)14(16,17)18;1-17-12(16)8-7-15(6-5-14)10-4-2-3-9(13)11(8)10/h2-8,12H,9-11H2,1H3;5-8H,9H2,1-4H3;2-4,7H,5-6H2,1H3. The average Bonchev–Trinajstić information content (AvgIpc) is 3.86. The molecule has 7 rings (SSSR count). The number of aromatic nitrogens is 2. The summed E-state index contributed by atoms with van der Waals surface area (Å²) >= 11 is 3.39. The molecule has 0 unspecified atom stereocenters. The second-order valence-corrected chi connectivity index (χ2v) is 16.6. The van der Waals surface area contributed by atoms with E-state index in [4.69, 9.17) is 18.8 Å². The Morgan fingerprint density at radius 2 is 1.06 bits per heavy atom. The van der Waals surface area contributed by atoms with Gasteiger partial charge in [-0.25, -0.2) is 18.4 Å². The lowest BCUT2D eigenvalue weighted by molar-refractivity contribution is -0.138. The number of alkyl halides is 8. The molecule has 0 N–H and O–H groups in total. The van der Waals surface area contributed by atoms with Gasteiger partial charge in [0, 0.05) is 39.5 Å². The average molecular weight is 966 g/mol. The molecule has 1 aliphatic rings. The van der Waals surface area contributed by atoms with E-state index in [1.165, 1.54) is 38.5 Å². The summed E-state index contributed by atoms with van der Waals surface area (Å²) in [4.78, 5) is 23.8. The summed E-state index contributed by atoms with van der Waals surface area (Å²) in [5.41, 5.74) is 2.23. The van der Waals surface area contributed by atoms with Crippen LogP contribution in [0, 0.1) is 0 Å². The minimum absolute atomic E-state index is 0.0945. The van der Waals surface area contributed by atoms with Gasteiger partial charge in [0.15, 0.2) is 0 Å². The second kappa shape index (κ2) is 20.3. The smallest absolute Gasteiger partial charge is 0.462 e. The molecule has 64 heavy (non-hydrogen) atoms. The number of carbonyl (C=O) groups excluding carboxylic acids is 2. The van der Waals surface area contributed by atoms with Crippen LogP contribution in [0.4, 0.5) is 35.1 Å². The first-order valence-electron chi connectivity index (χ1n) is 19.9. The lowest BCUT2D eigenvalue weighted by Crippen LogP contribution is -2.41. The number of hydrogen-bond donors (Lipinski definition) is 0. The zero-order valence-corrected chi connectivity index (χ0v) is 37.4. The highest BCUT2D eigenvalue weighted by Gasteiger charge is 2.50. The Labute approximate surface area is 373 Å². The number of rotatable bonds is 10. The summed E-state index contributed by atoms with van der Waals surface area (Å²) in [7, 11) is 2.16. The molecule has 1 aliphatic heterocycles. The van der Waals surface area contributed by atoms with Gasteiger partial charge in [-0.05, 0) is 93.3 Å². The van der Waals surface area contributed by atoms with Gasteiger partial charge < -0.3 is 27.9 Å². The molecule has 0 spiro atoms. The maximum absolute atomic E-state index is 12.9. The second-order valence-electron chi connectivity index (χ2n) is 15.7. The van der Waals surface area contributed by atoms with Crippen molar-refractivity contribution in [2.75, 3.05) is 27.6 Å². The highest BCUT2D eigenvalue weighted by atomic mass is 79.9. The first-order valence-corrected chi connectivity index (χ1v) is 20.7. The minimum atomic E-state index is -4.39. The number of nitrogens with zero attached hydrogens (tertiary/aromatic N) is 2. The van der Waals surface area contributed by atoms with Gasteiger partial charge >= 0.3 is 31.4 Å². The molecule has 0 aliphatic carbocycles. The van der Waals surface area contributed by atoms with E-state index in [0.717, 1.165) is 50.8 Å². The van der Waals surface area contributed by atoms with Crippen LogP contribution < -0.4 is 0 Å². The number of ether oxygens (including phenoxy) is 2. The number of carbonyl (C=O) groups is 2. The predicted molar refractivity (Wildman–Crippen MR) is 232 cm³/mol. The van der Waals surface area contributed by atoms with Crippen LogP contribution in [0.2, 0.25) is 0 Å². The van der Waals surface area contributed by atoms with Gasteiger partial charge in [0.2, 0.25) is 0 Å². The van der Waals surface area contributed by atoms with Crippen molar-refractivity contribution in [2.24, 2.45) is 0 Å². The number of halogens is 9. The third kappa shape index (κ3) is 11.5. The number of aryl methyl sites for hydroxylation is 2. The summed E-state index contributed by atoms with van der Waals surface area (Å²) in [6.45, 7) is 7.03. The SMILES string of the molecule is CC1(C)OB(Cc2ccc(C(F)(F)F)cc2)OC1(C)C.COC(=O)c1cn(CCF)c2cccc(Br)c12.COC(=O)c1cn(CCF)c2cccc(Cc3ccc(C(F)(F)F)cc3)c12. The van der Waals surface area contributed by atoms with Crippen molar-refractivity contribution in [3.05, 3.63) is 141 Å². The van der Waals surface area contributed by atoms with Crippen LogP contribution in [0.15, 0.2) is 102 Å². The fourth-order valence-electron chi connectivity index (χ4n) is 7.07. The van der Waals surface area contributed by atoms with Gasteiger partial charge in [-0.15, -0.1) is 0 Å². The molecule has 0 atom stereocenters. The van der Waals surface area contributed by atoms with E-state index in [2.05, 4.69) is 15.9 Å². The summed E-state index contributed by atoms with van der Waals surface area (Å²) in [6, 6.07) is 20.9.